The zero-order chi connectivity index (χ0) is 26.0. The highest BCUT2D eigenvalue weighted by atomic mass is 19.3. The smallest absolute Gasteiger partial charge is 0.266 e. The van der Waals surface area contributed by atoms with Gasteiger partial charge in [0.15, 0.2) is 0 Å². The van der Waals surface area contributed by atoms with Crippen molar-refractivity contribution >= 4 is 28.1 Å². The van der Waals surface area contributed by atoms with Gasteiger partial charge in [-0.1, -0.05) is 30.3 Å². The van der Waals surface area contributed by atoms with E-state index in [9.17, 15) is 18.0 Å². The number of nitrogens with zero attached hydrogens (tertiary/aromatic N) is 3. The van der Waals surface area contributed by atoms with Gasteiger partial charge in [0.1, 0.15) is 5.82 Å². The lowest BCUT2D eigenvalue weighted by Gasteiger charge is -2.27. The highest BCUT2D eigenvalue weighted by Crippen LogP contribution is 2.33. The number of amides is 1. The van der Waals surface area contributed by atoms with Crippen LogP contribution in [0.15, 0.2) is 48.5 Å². The molecule has 0 unspecified atom stereocenters. The average Bonchev–Trinajstić information content (AvgIpc) is 2.84. The Morgan fingerprint density at radius 1 is 1.17 bits per heavy atom. The number of carbonyl (C=O) groups is 1. The minimum Gasteiger partial charge on any atom is -0.378 e. The number of carbonyl (C=O) groups excluding carboxylic acids is 1. The first kappa shape index (κ1) is 25.7. The fourth-order valence-electron chi connectivity index (χ4n) is 4.51. The van der Waals surface area contributed by atoms with Crippen LogP contribution >= 0.6 is 0 Å². The highest BCUT2D eigenvalue weighted by Gasteiger charge is 2.21. The first-order chi connectivity index (χ1) is 17.1. The first-order valence-electron chi connectivity index (χ1n) is 12.0. The van der Waals surface area contributed by atoms with Crippen molar-refractivity contribution in [3.8, 4) is 0 Å². The Hall–Kier alpha value is -3.39. The van der Waals surface area contributed by atoms with Crippen LogP contribution in [0.3, 0.4) is 0 Å². The molecule has 0 fully saturated rings. The van der Waals surface area contributed by atoms with Crippen LogP contribution in [0.4, 0.5) is 18.9 Å². The molecule has 190 valence electrons. The predicted octanol–water partition coefficient (Wildman–Crippen LogP) is 5.97. The lowest BCUT2D eigenvalue weighted by Crippen LogP contribution is -2.38. The zero-order valence-electron chi connectivity index (χ0n) is 21.0. The van der Waals surface area contributed by atoms with E-state index in [-0.39, 0.29) is 11.5 Å². The SMILES string of the molecule is Cc1cc(N[C@H](C)c2cccc(C(F)F)c2F)c2cc(C3=CCN(CC(=O)N(C)C)CC3)ccc2n1. The van der Waals surface area contributed by atoms with Gasteiger partial charge in [-0.05, 0) is 49.6 Å². The van der Waals surface area contributed by atoms with Crippen molar-refractivity contribution in [2.75, 3.05) is 39.0 Å². The lowest BCUT2D eigenvalue weighted by molar-refractivity contribution is -0.129. The summed E-state index contributed by atoms with van der Waals surface area (Å²) in [7, 11) is 3.52. The number of aryl methyl sites for hydroxylation is 1. The van der Waals surface area contributed by atoms with Crippen molar-refractivity contribution in [3.05, 3.63) is 76.7 Å². The summed E-state index contributed by atoms with van der Waals surface area (Å²) in [5.74, 6) is -0.799. The predicted molar refractivity (Wildman–Crippen MR) is 138 cm³/mol. The largest absolute Gasteiger partial charge is 0.378 e. The van der Waals surface area contributed by atoms with Crippen molar-refractivity contribution in [1.82, 2.24) is 14.8 Å². The highest BCUT2D eigenvalue weighted by molar-refractivity contribution is 5.94. The minimum absolute atomic E-state index is 0.0827. The van der Waals surface area contributed by atoms with E-state index in [2.05, 4.69) is 27.3 Å². The topological polar surface area (TPSA) is 48.5 Å². The number of fused-ring (bicyclic) bond motifs is 1. The monoisotopic (exact) mass is 496 g/mol. The Balaban J connectivity index is 1.61. The van der Waals surface area contributed by atoms with Crippen LogP contribution in [-0.4, -0.2) is 54.4 Å². The van der Waals surface area contributed by atoms with Crippen LogP contribution in [0.2, 0.25) is 0 Å². The second-order valence-corrected chi connectivity index (χ2v) is 9.46. The number of pyridine rings is 1. The average molecular weight is 497 g/mol. The molecule has 1 aliphatic heterocycles. The molecule has 2 heterocycles. The molecule has 1 amide bonds. The standard InChI is InChI=1S/C28H31F3N4O/c1-17-14-25(33-18(2)21-6-5-7-22(27(21)29)28(30)31)23-15-20(8-9-24(23)32-17)19-10-12-35(13-11-19)16-26(36)34(3)4/h5-10,14-15,18,28H,11-13,16H2,1-4H3,(H,32,33)/t18-/m1/s1. The third-order valence-electron chi connectivity index (χ3n) is 6.59. The number of hydrogen-bond donors (Lipinski definition) is 1. The Morgan fingerprint density at radius 3 is 2.58 bits per heavy atom. The van der Waals surface area contributed by atoms with Crippen LogP contribution in [0.25, 0.3) is 16.5 Å². The van der Waals surface area contributed by atoms with E-state index in [1.807, 2.05) is 25.1 Å². The van der Waals surface area contributed by atoms with Gasteiger partial charge in [0.2, 0.25) is 5.91 Å². The Bertz CT molecular complexity index is 1310. The van der Waals surface area contributed by atoms with Gasteiger partial charge in [-0.25, -0.2) is 13.2 Å². The van der Waals surface area contributed by atoms with Gasteiger partial charge in [-0.15, -0.1) is 0 Å². The van der Waals surface area contributed by atoms with Crippen LogP contribution < -0.4 is 5.32 Å². The van der Waals surface area contributed by atoms with Crippen LogP contribution in [0, 0.1) is 12.7 Å². The number of benzene rings is 2. The number of rotatable bonds is 7. The van der Waals surface area contributed by atoms with Crippen molar-refractivity contribution in [2.24, 2.45) is 0 Å². The molecule has 0 spiro atoms. The summed E-state index contributed by atoms with van der Waals surface area (Å²) >= 11 is 0. The molecule has 36 heavy (non-hydrogen) atoms. The van der Waals surface area contributed by atoms with Crippen LogP contribution in [0.5, 0.6) is 0 Å². The Kier molecular flexibility index (Phi) is 7.64. The molecule has 2 aromatic carbocycles. The third-order valence-corrected chi connectivity index (χ3v) is 6.59. The molecule has 1 atom stereocenters. The van der Waals surface area contributed by atoms with E-state index in [0.29, 0.717) is 13.1 Å². The maximum atomic E-state index is 14.8. The van der Waals surface area contributed by atoms with Gasteiger partial charge in [0.25, 0.3) is 6.43 Å². The number of hydrogen-bond acceptors (Lipinski definition) is 4. The van der Waals surface area contributed by atoms with Crippen LogP contribution in [0.1, 0.15) is 48.2 Å². The normalized spacial score (nSPS) is 15.2. The summed E-state index contributed by atoms with van der Waals surface area (Å²) in [6.45, 7) is 5.52. The molecule has 0 bridgehead atoms. The first-order valence-corrected chi connectivity index (χ1v) is 12.0. The summed E-state index contributed by atoms with van der Waals surface area (Å²) in [4.78, 5) is 20.4. The second-order valence-electron chi connectivity index (χ2n) is 9.46. The number of likely N-dealkylation sites (N-methyl/N-ethyl adjacent to an activating group) is 1. The van der Waals surface area contributed by atoms with Crippen molar-refractivity contribution in [1.29, 1.82) is 0 Å². The molecule has 0 saturated heterocycles. The van der Waals surface area contributed by atoms with E-state index >= 15 is 0 Å². The summed E-state index contributed by atoms with van der Waals surface area (Å²) in [6.07, 6.45) is 0.0938. The number of alkyl halides is 2. The van der Waals surface area contributed by atoms with Gasteiger partial charge in [0.05, 0.1) is 23.7 Å². The minimum atomic E-state index is -2.87. The number of aromatic nitrogens is 1. The Morgan fingerprint density at radius 2 is 1.92 bits per heavy atom. The molecule has 3 aromatic rings. The quantitative estimate of drug-likeness (QED) is 0.438. The van der Waals surface area contributed by atoms with Gasteiger partial charge in [-0.3, -0.25) is 14.7 Å². The summed E-state index contributed by atoms with van der Waals surface area (Å²) in [5.41, 5.74) is 4.21. The molecular formula is C28H31F3N4O. The maximum absolute atomic E-state index is 14.8. The fourth-order valence-corrected chi connectivity index (χ4v) is 4.51. The van der Waals surface area contributed by atoms with Crippen molar-refractivity contribution in [3.63, 3.8) is 0 Å². The molecule has 1 aromatic heterocycles. The fraction of sp³-hybridized carbons (Fsp3) is 0.357. The lowest BCUT2D eigenvalue weighted by atomic mass is 9.97. The van der Waals surface area contributed by atoms with E-state index in [1.165, 1.54) is 17.7 Å². The van der Waals surface area contributed by atoms with Gasteiger partial charge in [-0.2, -0.15) is 0 Å². The third kappa shape index (κ3) is 5.54. The summed E-state index contributed by atoms with van der Waals surface area (Å²) < 4.78 is 41.2. The van der Waals surface area contributed by atoms with Crippen molar-refractivity contribution in [2.45, 2.75) is 32.7 Å². The summed E-state index contributed by atoms with van der Waals surface area (Å²) in [5, 5.41) is 4.20. The van der Waals surface area contributed by atoms with E-state index in [4.69, 9.17) is 0 Å². The number of nitrogens with one attached hydrogen (secondary N) is 1. The Labute approximate surface area is 209 Å². The van der Waals surface area contributed by atoms with Gasteiger partial charge < -0.3 is 10.2 Å². The zero-order valence-corrected chi connectivity index (χ0v) is 21.0. The van der Waals surface area contributed by atoms with Crippen molar-refractivity contribution < 1.29 is 18.0 Å². The van der Waals surface area contributed by atoms with Gasteiger partial charge in [0, 0.05) is 49.5 Å². The molecule has 8 heteroatoms. The van der Waals surface area contributed by atoms with E-state index in [0.717, 1.165) is 46.9 Å². The molecular weight excluding hydrogens is 465 g/mol. The number of halogens is 3. The molecule has 0 saturated carbocycles. The van der Waals surface area contributed by atoms with Gasteiger partial charge >= 0.3 is 0 Å². The summed E-state index contributed by atoms with van der Waals surface area (Å²) in [6, 6.07) is 11.5. The molecule has 0 aliphatic carbocycles. The van der Waals surface area contributed by atoms with E-state index < -0.39 is 23.8 Å². The molecule has 5 nitrogen and oxygen atoms in total. The number of anilines is 1. The molecule has 1 aliphatic rings. The second kappa shape index (κ2) is 10.7. The van der Waals surface area contributed by atoms with Crippen LogP contribution in [-0.2, 0) is 4.79 Å². The maximum Gasteiger partial charge on any atom is 0.266 e. The van der Waals surface area contributed by atoms with E-state index in [1.54, 1.807) is 25.9 Å². The molecule has 0 radical (unpaired) electrons. The molecule has 4 rings (SSSR count). The molecule has 1 N–H and O–H groups in total.